The quantitative estimate of drug-likeness (QED) is 0.269. The van der Waals surface area contributed by atoms with Gasteiger partial charge < -0.3 is 0 Å². The predicted molar refractivity (Wildman–Crippen MR) is 126 cm³/mol. The molecule has 0 fully saturated rings. The number of rotatable bonds is 5. The molecule has 0 unspecified atom stereocenters. The Labute approximate surface area is 186 Å². The van der Waals surface area contributed by atoms with E-state index in [2.05, 4.69) is 9.97 Å². The Morgan fingerprint density at radius 2 is 1.87 bits per heavy atom. The first-order chi connectivity index (χ1) is 14.8. The number of anilines is 2. The Hall–Kier alpha value is -3.43. The first-order valence-electron chi connectivity index (χ1n) is 9.39. The number of benzene rings is 2. The number of thiazole rings is 2. The summed E-state index contributed by atoms with van der Waals surface area (Å²) in [5.74, 6) is -0.102. The highest BCUT2D eigenvalue weighted by Crippen LogP contribution is 2.34. The van der Waals surface area contributed by atoms with Gasteiger partial charge in [-0.3, -0.25) is 19.8 Å². The number of hydrogen-bond acceptors (Lipinski definition) is 7. The number of fused-ring (bicyclic) bond motifs is 1. The number of aromatic nitrogens is 2. The molecule has 0 saturated carbocycles. The fourth-order valence-electron chi connectivity index (χ4n) is 3.27. The molecule has 0 atom stereocenters. The average molecular weight is 451 g/mol. The molecule has 4 rings (SSSR count). The number of para-hydroxylation sites is 1. The molecule has 156 valence electrons. The van der Waals surface area contributed by atoms with Gasteiger partial charge in [0.15, 0.2) is 5.13 Å². The minimum absolute atomic E-state index is 0.0478. The minimum atomic E-state index is -0.414. The second-order valence-electron chi connectivity index (χ2n) is 6.94. The topological polar surface area (TPSA) is 89.2 Å². The van der Waals surface area contributed by atoms with E-state index < -0.39 is 4.92 Å². The number of carbonyl (C=O) groups excluding carboxylic acids is 1. The fraction of sp³-hybridized carbons (Fsp3) is 0.136. The maximum absolute atomic E-state index is 12.4. The summed E-state index contributed by atoms with van der Waals surface area (Å²) in [5, 5.41) is 14.2. The number of hydrogen-bond donors (Lipinski definition) is 0. The monoisotopic (exact) mass is 450 g/mol. The summed E-state index contributed by atoms with van der Waals surface area (Å²) in [5.41, 5.74) is 4.34. The van der Waals surface area contributed by atoms with Gasteiger partial charge in [0.25, 0.3) is 5.69 Å². The lowest BCUT2D eigenvalue weighted by Gasteiger charge is -2.22. The van der Waals surface area contributed by atoms with Crippen molar-refractivity contribution in [3.05, 3.63) is 73.7 Å². The predicted octanol–water partition coefficient (Wildman–Crippen LogP) is 6.13. The lowest BCUT2D eigenvalue weighted by Crippen LogP contribution is -2.24. The van der Waals surface area contributed by atoms with Gasteiger partial charge in [0, 0.05) is 24.4 Å². The van der Waals surface area contributed by atoms with Crippen molar-refractivity contribution in [1.29, 1.82) is 0 Å². The van der Waals surface area contributed by atoms with Crippen molar-refractivity contribution in [2.24, 2.45) is 0 Å². The SMILES string of the molecule is CC(=O)N(c1nc(/C=C/c2nc3ccc([N+](=O)[O-])cc3s2)cs1)c1c(C)cccc1C. The van der Waals surface area contributed by atoms with Gasteiger partial charge in [-0.2, -0.15) is 0 Å². The van der Waals surface area contributed by atoms with E-state index >= 15 is 0 Å². The van der Waals surface area contributed by atoms with Crippen molar-refractivity contribution in [1.82, 2.24) is 9.97 Å². The van der Waals surface area contributed by atoms with E-state index in [0.29, 0.717) is 16.3 Å². The Balaban J connectivity index is 1.62. The van der Waals surface area contributed by atoms with E-state index in [1.54, 1.807) is 11.0 Å². The highest BCUT2D eigenvalue weighted by Gasteiger charge is 2.21. The molecule has 2 aromatic heterocycles. The van der Waals surface area contributed by atoms with Crippen molar-refractivity contribution in [3.63, 3.8) is 0 Å². The summed E-state index contributed by atoms with van der Waals surface area (Å²) in [7, 11) is 0. The van der Waals surface area contributed by atoms with Crippen molar-refractivity contribution in [3.8, 4) is 0 Å². The number of nitro groups is 1. The van der Waals surface area contributed by atoms with Crippen LogP contribution in [0.1, 0.15) is 28.8 Å². The standard InChI is InChI=1S/C22H18N4O3S2/c1-13-5-4-6-14(2)21(13)25(15(3)27)22-23-16(12-30-22)7-10-20-24-18-9-8-17(26(28)29)11-19(18)31-20/h4-12H,1-3H3/b10-7+. The molecule has 0 bridgehead atoms. The highest BCUT2D eigenvalue weighted by atomic mass is 32.1. The van der Waals surface area contributed by atoms with Crippen molar-refractivity contribution >= 4 is 67.5 Å². The fourth-order valence-corrected chi connectivity index (χ4v) is 5.02. The molecule has 31 heavy (non-hydrogen) atoms. The van der Waals surface area contributed by atoms with Gasteiger partial charge in [0.1, 0.15) is 5.01 Å². The molecule has 0 aliphatic rings. The molecule has 4 aromatic rings. The maximum atomic E-state index is 12.4. The Morgan fingerprint density at radius 1 is 1.13 bits per heavy atom. The summed E-state index contributed by atoms with van der Waals surface area (Å²) in [6.45, 7) is 5.48. The summed E-state index contributed by atoms with van der Waals surface area (Å²) >= 11 is 2.77. The lowest BCUT2D eigenvalue weighted by molar-refractivity contribution is -0.384. The van der Waals surface area contributed by atoms with Crippen LogP contribution in [0.2, 0.25) is 0 Å². The first kappa shape index (κ1) is 20.8. The number of nitrogens with zero attached hydrogens (tertiary/aromatic N) is 4. The summed E-state index contributed by atoms with van der Waals surface area (Å²) in [6, 6.07) is 10.5. The summed E-state index contributed by atoms with van der Waals surface area (Å²) in [4.78, 5) is 33.7. The van der Waals surface area contributed by atoms with Crippen LogP contribution in [0.5, 0.6) is 0 Å². The van der Waals surface area contributed by atoms with Crippen molar-refractivity contribution in [2.45, 2.75) is 20.8 Å². The highest BCUT2D eigenvalue weighted by molar-refractivity contribution is 7.19. The second-order valence-corrected chi connectivity index (χ2v) is 8.84. The molecule has 0 aliphatic carbocycles. The molecule has 1 amide bonds. The van der Waals surface area contributed by atoms with Crippen LogP contribution in [0.25, 0.3) is 22.4 Å². The number of nitro benzene ring substituents is 1. The van der Waals surface area contributed by atoms with Gasteiger partial charge in [-0.1, -0.05) is 18.2 Å². The Kier molecular flexibility index (Phi) is 5.62. The van der Waals surface area contributed by atoms with Crippen LogP contribution >= 0.6 is 22.7 Å². The van der Waals surface area contributed by atoms with Gasteiger partial charge in [-0.25, -0.2) is 9.97 Å². The van der Waals surface area contributed by atoms with Crippen LogP contribution in [0.15, 0.2) is 41.8 Å². The Bertz CT molecular complexity index is 1320. The van der Waals surface area contributed by atoms with Gasteiger partial charge in [0.05, 0.1) is 26.5 Å². The summed E-state index contributed by atoms with van der Waals surface area (Å²) in [6.07, 6.45) is 3.65. The zero-order valence-electron chi connectivity index (χ0n) is 17.0. The first-order valence-corrected chi connectivity index (χ1v) is 11.1. The molecular weight excluding hydrogens is 432 g/mol. The molecule has 0 radical (unpaired) electrons. The zero-order valence-corrected chi connectivity index (χ0v) is 18.7. The lowest BCUT2D eigenvalue weighted by atomic mass is 10.1. The van der Waals surface area contributed by atoms with Gasteiger partial charge in [-0.05, 0) is 43.2 Å². The minimum Gasteiger partial charge on any atom is -0.274 e. The molecule has 0 saturated heterocycles. The van der Waals surface area contributed by atoms with Crippen LogP contribution < -0.4 is 4.90 Å². The van der Waals surface area contributed by atoms with E-state index in [9.17, 15) is 14.9 Å². The number of amides is 1. The van der Waals surface area contributed by atoms with Crippen LogP contribution in [-0.4, -0.2) is 20.8 Å². The van der Waals surface area contributed by atoms with E-state index in [-0.39, 0.29) is 11.6 Å². The third-order valence-corrected chi connectivity index (χ3v) is 6.50. The summed E-state index contributed by atoms with van der Waals surface area (Å²) < 4.78 is 0.755. The number of aryl methyl sites for hydroxylation is 2. The molecule has 0 spiro atoms. The molecule has 9 heteroatoms. The third-order valence-electron chi connectivity index (χ3n) is 4.68. The van der Waals surface area contributed by atoms with E-state index in [0.717, 1.165) is 26.5 Å². The van der Waals surface area contributed by atoms with Crippen molar-refractivity contribution in [2.75, 3.05) is 4.90 Å². The second kappa shape index (κ2) is 8.37. The smallest absolute Gasteiger partial charge is 0.270 e. The van der Waals surface area contributed by atoms with Crippen LogP contribution in [0.3, 0.4) is 0 Å². The van der Waals surface area contributed by atoms with Gasteiger partial charge >= 0.3 is 0 Å². The maximum Gasteiger partial charge on any atom is 0.270 e. The number of non-ortho nitro benzene ring substituents is 1. The van der Waals surface area contributed by atoms with Crippen LogP contribution in [-0.2, 0) is 4.79 Å². The molecule has 2 heterocycles. The molecular formula is C22H18N4O3S2. The molecule has 0 N–H and O–H groups in total. The number of carbonyl (C=O) groups is 1. The van der Waals surface area contributed by atoms with E-state index in [1.807, 2.05) is 49.6 Å². The van der Waals surface area contributed by atoms with E-state index in [1.165, 1.54) is 41.7 Å². The largest absolute Gasteiger partial charge is 0.274 e. The van der Waals surface area contributed by atoms with Crippen LogP contribution in [0, 0.1) is 24.0 Å². The van der Waals surface area contributed by atoms with Crippen LogP contribution in [0.4, 0.5) is 16.5 Å². The third kappa shape index (κ3) is 4.23. The van der Waals surface area contributed by atoms with Gasteiger partial charge in [-0.15, -0.1) is 22.7 Å². The van der Waals surface area contributed by atoms with Crippen molar-refractivity contribution < 1.29 is 9.72 Å². The van der Waals surface area contributed by atoms with E-state index in [4.69, 9.17) is 0 Å². The zero-order chi connectivity index (χ0) is 22.1. The molecule has 2 aromatic carbocycles. The molecule has 7 nitrogen and oxygen atoms in total. The molecule has 0 aliphatic heterocycles. The average Bonchev–Trinajstić information content (AvgIpc) is 3.34. The Morgan fingerprint density at radius 3 is 2.55 bits per heavy atom. The normalized spacial score (nSPS) is 11.3. The van der Waals surface area contributed by atoms with Gasteiger partial charge in [0.2, 0.25) is 5.91 Å².